The molecule has 0 radical (unpaired) electrons. The first-order chi connectivity index (χ1) is 13.2. The van der Waals surface area contributed by atoms with Gasteiger partial charge in [-0.05, 0) is 24.3 Å². The SMILES string of the molecule is COc1cc(C(=O)OCc2nc(N)c3ccccc3n2)cc2c1OCCO2. The molecular weight excluding hydrogens is 350 g/mol. The van der Waals surface area contributed by atoms with E-state index in [1.807, 2.05) is 24.3 Å². The second-order valence-corrected chi connectivity index (χ2v) is 5.82. The molecule has 0 spiro atoms. The van der Waals surface area contributed by atoms with E-state index in [0.29, 0.717) is 47.6 Å². The molecule has 3 aromatic rings. The number of hydrogen-bond acceptors (Lipinski definition) is 8. The van der Waals surface area contributed by atoms with Gasteiger partial charge in [-0.15, -0.1) is 0 Å². The fourth-order valence-corrected chi connectivity index (χ4v) is 2.82. The lowest BCUT2D eigenvalue weighted by molar-refractivity contribution is 0.0461. The lowest BCUT2D eigenvalue weighted by Crippen LogP contribution is -2.17. The molecule has 4 rings (SSSR count). The average Bonchev–Trinajstić information content (AvgIpc) is 2.71. The first kappa shape index (κ1) is 16.9. The molecular formula is C19H17N3O5. The quantitative estimate of drug-likeness (QED) is 0.701. The maximum absolute atomic E-state index is 12.5. The van der Waals surface area contributed by atoms with Crippen LogP contribution >= 0.6 is 0 Å². The Morgan fingerprint density at radius 1 is 1.19 bits per heavy atom. The largest absolute Gasteiger partial charge is 0.493 e. The van der Waals surface area contributed by atoms with Gasteiger partial charge in [0.1, 0.15) is 19.0 Å². The Morgan fingerprint density at radius 2 is 2.00 bits per heavy atom. The van der Waals surface area contributed by atoms with Crippen molar-refractivity contribution in [2.75, 3.05) is 26.1 Å². The number of hydrogen-bond donors (Lipinski definition) is 1. The Labute approximate surface area is 154 Å². The Bertz CT molecular complexity index is 1000. The van der Waals surface area contributed by atoms with Crippen LogP contribution in [-0.4, -0.2) is 36.3 Å². The highest BCUT2D eigenvalue weighted by Crippen LogP contribution is 2.40. The molecule has 1 aliphatic heterocycles. The minimum atomic E-state index is -0.555. The van der Waals surface area contributed by atoms with Gasteiger partial charge in [0.15, 0.2) is 23.9 Å². The van der Waals surface area contributed by atoms with Crippen LogP contribution in [0.5, 0.6) is 17.2 Å². The number of rotatable bonds is 4. The zero-order valence-corrected chi connectivity index (χ0v) is 14.6. The van der Waals surface area contributed by atoms with Crippen LogP contribution in [0.1, 0.15) is 16.2 Å². The predicted molar refractivity (Wildman–Crippen MR) is 97.1 cm³/mol. The van der Waals surface area contributed by atoms with Gasteiger partial charge in [-0.25, -0.2) is 14.8 Å². The van der Waals surface area contributed by atoms with Crippen LogP contribution in [0.4, 0.5) is 5.82 Å². The summed E-state index contributed by atoms with van der Waals surface area (Å²) in [5.74, 6) is 1.44. The average molecular weight is 367 g/mol. The number of aromatic nitrogens is 2. The van der Waals surface area contributed by atoms with E-state index in [2.05, 4.69) is 9.97 Å². The molecule has 2 heterocycles. The second kappa shape index (κ2) is 6.99. The van der Waals surface area contributed by atoms with Crippen LogP contribution in [-0.2, 0) is 11.3 Å². The van der Waals surface area contributed by atoms with E-state index in [-0.39, 0.29) is 12.2 Å². The molecule has 138 valence electrons. The van der Waals surface area contributed by atoms with Crippen molar-refractivity contribution < 1.29 is 23.7 Å². The van der Waals surface area contributed by atoms with Gasteiger partial charge in [0.25, 0.3) is 0 Å². The number of nitrogens with two attached hydrogens (primary N) is 1. The molecule has 0 fully saturated rings. The van der Waals surface area contributed by atoms with Gasteiger partial charge in [-0.3, -0.25) is 0 Å². The summed E-state index contributed by atoms with van der Waals surface area (Å²) in [5.41, 5.74) is 6.92. The summed E-state index contributed by atoms with van der Waals surface area (Å²) in [5, 5.41) is 0.754. The Kier molecular flexibility index (Phi) is 4.37. The van der Waals surface area contributed by atoms with Crippen molar-refractivity contribution in [3.8, 4) is 17.2 Å². The number of carbonyl (C=O) groups is 1. The highest BCUT2D eigenvalue weighted by molar-refractivity contribution is 5.91. The molecule has 0 saturated heterocycles. The molecule has 2 aromatic carbocycles. The van der Waals surface area contributed by atoms with E-state index in [1.165, 1.54) is 7.11 Å². The summed E-state index contributed by atoms with van der Waals surface area (Å²) in [6.07, 6.45) is 0. The lowest BCUT2D eigenvalue weighted by atomic mass is 10.1. The minimum Gasteiger partial charge on any atom is -0.493 e. The summed E-state index contributed by atoms with van der Waals surface area (Å²) >= 11 is 0. The Hall–Kier alpha value is -3.55. The number of anilines is 1. The minimum absolute atomic E-state index is 0.107. The molecule has 0 amide bonds. The second-order valence-electron chi connectivity index (χ2n) is 5.82. The number of para-hydroxylation sites is 1. The number of methoxy groups -OCH3 is 1. The molecule has 2 N–H and O–H groups in total. The van der Waals surface area contributed by atoms with Crippen molar-refractivity contribution in [1.29, 1.82) is 0 Å². The zero-order valence-electron chi connectivity index (χ0n) is 14.6. The summed E-state index contributed by atoms with van der Waals surface area (Å²) in [7, 11) is 1.49. The van der Waals surface area contributed by atoms with E-state index in [9.17, 15) is 4.79 Å². The molecule has 27 heavy (non-hydrogen) atoms. The van der Waals surface area contributed by atoms with Crippen molar-refractivity contribution in [3.63, 3.8) is 0 Å². The Balaban J connectivity index is 1.55. The van der Waals surface area contributed by atoms with E-state index in [1.54, 1.807) is 12.1 Å². The Morgan fingerprint density at radius 3 is 2.85 bits per heavy atom. The van der Waals surface area contributed by atoms with Crippen LogP contribution in [0.15, 0.2) is 36.4 Å². The van der Waals surface area contributed by atoms with E-state index in [0.717, 1.165) is 5.39 Å². The summed E-state index contributed by atoms with van der Waals surface area (Å²) in [4.78, 5) is 21.0. The number of esters is 1. The third-order valence-corrected chi connectivity index (χ3v) is 4.08. The van der Waals surface area contributed by atoms with E-state index in [4.69, 9.17) is 24.7 Å². The topological polar surface area (TPSA) is 106 Å². The fraction of sp³-hybridized carbons (Fsp3) is 0.211. The van der Waals surface area contributed by atoms with Gasteiger partial charge in [0.2, 0.25) is 5.75 Å². The van der Waals surface area contributed by atoms with Crippen LogP contribution < -0.4 is 19.9 Å². The van der Waals surface area contributed by atoms with Crippen molar-refractivity contribution >= 4 is 22.7 Å². The highest BCUT2D eigenvalue weighted by atomic mass is 16.6. The normalized spacial score (nSPS) is 12.6. The van der Waals surface area contributed by atoms with Gasteiger partial charge in [0.05, 0.1) is 18.2 Å². The maximum atomic E-state index is 12.5. The molecule has 0 unspecified atom stereocenters. The molecule has 0 atom stereocenters. The predicted octanol–water partition coefficient (Wildman–Crippen LogP) is 2.35. The number of benzene rings is 2. The van der Waals surface area contributed by atoms with Crippen LogP contribution in [0.2, 0.25) is 0 Å². The van der Waals surface area contributed by atoms with Gasteiger partial charge in [-0.2, -0.15) is 0 Å². The van der Waals surface area contributed by atoms with E-state index >= 15 is 0 Å². The fourth-order valence-electron chi connectivity index (χ4n) is 2.82. The van der Waals surface area contributed by atoms with Crippen molar-refractivity contribution in [1.82, 2.24) is 9.97 Å². The standard InChI is InChI=1S/C19H17N3O5/c1-24-14-8-11(9-15-17(14)26-7-6-25-15)19(23)27-10-16-21-13-5-3-2-4-12(13)18(20)22-16/h2-5,8-9H,6-7,10H2,1H3,(H2,20,21,22). The first-order valence-electron chi connectivity index (χ1n) is 8.31. The monoisotopic (exact) mass is 367 g/mol. The molecule has 0 saturated carbocycles. The highest BCUT2D eigenvalue weighted by Gasteiger charge is 2.21. The first-order valence-corrected chi connectivity index (χ1v) is 8.31. The third-order valence-electron chi connectivity index (χ3n) is 4.08. The number of nitrogen functional groups attached to an aromatic ring is 1. The van der Waals surface area contributed by atoms with Crippen LogP contribution in [0.25, 0.3) is 10.9 Å². The van der Waals surface area contributed by atoms with Gasteiger partial charge < -0.3 is 24.7 Å². The van der Waals surface area contributed by atoms with Gasteiger partial charge >= 0.3 is 5.97 Å². The van der Waals surface area contributed by atoms with Crippen molar-refractivity contribution in [3.05, 3.63) is 47.8 Å². The molecule has 0 aliphatic carbocycles. The molecule has 8 nitrogen and oxygen atoms in total. The van der Waals surface area contributed by atoms with Gasteiger partial charge in [-0.1, -0.05) is 12.1 Å². The lowest BCUT2D eigenvalue weighted by Gasteiger charge is -2.21. The summed E-state index contributed by atoms with van der Waals surface area (Å²) in [6, 6.07) is 10.5. The summed E-state index contributed by atoms with van der Waals surface area (Å²) < 4.78 is 21.7. The third kappa shape index (κ3) is 3.29. The number of nitrogens with zero attached hydrogens (tertiary/aromatic N) is 2. The molecule has 8 heteroatoms. The van der Waals surface area contributed by atoms with E-state index < -0.39 is 5.97 Å². The van der Waals surface area contributed by atoms with Gasteiger partial charge in [0, 0.05) is 5.39 Å². The number of carbonyl (C=O) groups excluding carboxylic acids is 1. The van der Waals surface area contributed by atoms with Crippen molar-refractivity contribution in [2.24, 2.45) is 0 Å². The van der Waals surface area contributed by atoms with Crippen molar-refractivity contribution in [2.45, 2.75) is 6.61 Å². The summed E-state index contributed by atoms with van der Waals surface area (Å²) in [6.45, 7) is 0.720. The zero-order chi connectivity index (χ0) is 18.8. The molecule has 0 bridgehead atoms. The number of ether oxygens (including phenoxy) is 4. The molecule has 1 aliphatic rings. The van der Waals surface area contributed by atoms with Crippen LogP contribution in [0, 0.1) is 0 Å². The maximum Gasteiger partial charge on any atom is 0.338 e. The van der Waals surface area contributed by atoms with Crippen LogP contribution in [0.3, 0.4) is 0 Å². The molecule has 1 aromatic heterocycles. The number of fused-ring (bicyclic) bond motifs is 2. The smallest absolute Gasteiger partial charge is 0.338 e.